The number of aryl methyl sites for hydroxylation is 1. The molecule has 2 aliphatic heterocycles. The normalized spacial score (nSPS) is 17.6. The molecule has 0 fully saturated rings. The van der Waals surface area contributed by atoms with Gasteiger partial charge in [-0.05, 0) is 186 Å². The molecule has 0 N–H and O–H groups in total. The third-order valence-corrected chi connectivity index (χ3v) is 18.8. The third-order valence-electron chi connectivity index (χ3n) is 18.8. The summed E-state index contributed by atoms with van der Waals surface area (Å²) in [4.78, 5) is 5.40. The Morgan fingerprint density at radius 3 is 1.49 bits per heavy atom. The molecule has 0 saturated heterocycles. The number of fused-ring (bicyclic) bond motifs is 6. The van der Waals surface area contributed by atoms with Crippen LogP contribution in [0.2, 0.25) is 0 Å². The Morgan fingerprint density at radius 2 is 0.907 bits per heavy atom. The van der Waals surface area contributed by atoms with E-state index in [0.29, 0.717) is 0 Å². The summed E-state index contributed by atoms with van der Waals surface area (Å²) in [6.45, 7) is 34.1. The quantitative estimate of drug-likeness (QED) is 0.153. The van der Waals surface area contributed by atoms with Gasteiger partial charge in [0.05, 0.1) is 5.69 Å². The van der Waals surface area contributed by atoms with Crippen molar-refractivity contribution in [2.75, 3.05) is 9.80 Å². The van der Waals surface area contributed by atoms with E-state index in [1.807, 2.05) is 0 Å². The van der Waals surface area contributed by atoms with E-state index in [1.54, 1.807) is 0 Å². The lowest BCUT2D eigenvalue weighted by molar-refractivity contribution is 0.332. The Hall–Kier alpha value is -6.58. The van der Waals surface area contributed by atoms with Gasteiger partial charge >= 0.3 is 0 Å². The van der Waals surface area contributed by atoms with E-state index in [9.17, 15) is 0 Å². The van der Waals surface area contributed by atoms with E-state index < -0.39 is 0 Å². The SMILES string of the molecule is Cc1cc2c3c(c1)N(c1cc(-c4ccccc4)c(C(C)(C)C)cc1-c1ccccc1)c1ccc(C(C)(C)c4ccccc4)cc1B3c1cc3c(cc1N2c1ccc2c(c1)C(C)(C)CCC2(C)C)C(C)(C)CCC3(C)C. The van der Waals surface area contributed by atoms with Crippen molar-refractivity contribution in [1.82, 2.24) is 0 Å². The van der Waals surface area contributed by atoms with Gasteiger partial charge in [0.25, 0.3) is 6.71 Å². The molecule has 378 valence electrons. The molecule has 0 spiro atoms. The van der Waals surface area contributed by atoms with Gasteiger partial charge in [-0.15, -0.1) is 0 Å². The van der Waals surface area contributed by atoms with Gasteiger partial charge in [0.2, 0.25) is 0 Å². The molecule has 8 aromatic rings. The molecule has 3 heteroatoms. The second-order valence-corrected chi connectivity index (χ2v) is 27.2. The molecule has 2 aliphatic carbocycles. The highest BCUT2D eigenvalue weighted by molar-refractivity contribution is 7.00. The number of rotatable bonds is 6. The van der Waals surface area contributed by atoms with Gasteiger partial charge < -0.3 is 9.80 Å². The van der Waals surface area contributed by atoms with Crippen molar-refractivity contribution in [2.24, 2.45) is 0 Å². The smallest absolute Gasteiger partial charge is 0.252 e. The zero-order valence-corrected chi connectivity index (χ0v) is 47.4. The van der Waals surface area contributed by atoms with Gasteiger partial charge in [-0.25, -0.2) is 0 Å². The van der Waals surface area contributed by atoms with Crippen LogP contribution in [0.3, 0.4) is 0 Å². The van der Waals surface area contributed by atoms with Gasteiger partial charge in [-0.1, -0.05) is 205 Å². The molecular weight excluding hydrogens is 904 g/mol. The van der Waals surface area contributed by atoms with Crippen LogP contribution >= 0.6 is 0 Å². The Bertz CT molecular complexity index is 3570. The van der Waals surface area contributed by atoms with E-state index in [1.165, 1.54) is 130 Å². The standard InChI is InChI=1S/C72H77BN2/c1-46-38-64-66-65(39-46)75(62-43-52(47-24-18-15-19-25-47)55(67(2,3)4)42-53(62)48-26-20-16-21-27-48)61-33-30-50(72(13,14)49-28-22-17-23-29-49)40-59(61)73(66)60-44-57-58(71(11,12)37-36-70(57,9)10)45-63(60)74(64)51-31-32-54-56(41-51)69(7,8)35-34-68(54,5)6/h15-33,38-45H,34-37H2,1-14H3. The fraction of sp³-hybridized carbons (Fsp3) is 0.333. The molecule has 0 saturated carbocycles. The van der Waals surface area contributed by atoms with Crippen LogP contribution in [0, 0.1) is 6.92 Å². The topological polar surface area (TPSA) is 6.48 Å². The number of hydrogen-bond donors (Lipinski definition) is 0. The highest BCUT2D eigenvalue weighted by atomic mass is 15.2. The van der Waals surface area contributed by atoms with Crippen LogP contribution < -0.4 is 26.2 Å². The van der Waals surface area contributed by atoms with Gasteiger partial charge in [-0.3, -0.25) is 0 Å². The van der Waals surface area contributed by atoms with E-state index in [0.717, 1.165) is 12.8 Å². The van der Waals surface area contributed by atoms with Crippen LogP contribution in [0.5, 0.6) is 0 Å². The molecule has 0 unspecified atom stereocenters. The van der Waals surface area contributed by atoms with Crippen molar-refractivity contribution < 1.29 is 0 Å². The molecule has 0 bridgehead atoms. The molecule has 75 heavy (non-hydrogen) atoms. The summed E-state index contributed by atoms with van der Waals surface area (Å²) in [5.41, 5.74) is 27.7. The summed E-state index contributed by atoms with van der Waals surface area (Å²) in [5, 5.41) is 0. The first kappa shape index (κ1) is 49.3. The Labute approximate surface area is 450 Å². The molecule has 2 nitrogen and oxygen atoms in total. The number of hydrogen-bond acceptors (Lipinski definition) is 2. The molecule has 8 aromatic carbocycles. The number of anilines is 6. The molecule has 0 aromatic heterocycles. The average Bonchev–Trinajstić information content (AvgIpc) is 3.53. The summed E-state index contributed by atoms with van der Waals surface area (Å²) in [6, 6.07) is 64.0. The maximum atomic E-state index is 2.71. The van der Waals surface area contributed by atoms with Crippen LogP contribution in [-0.4, -0.2) is 6.71 Å². The van der Waals surface area contributed by atoms with Gasteiger partial charge in [0.15, 0.2) is 0 Å². The lowest BCUT2D eigenvalue weighted by Gasteiger charge is -2.48. The van der Waals surface area contributed by atoms with E-state index in [2.05, 4.69) is 271 Å². The predicted molar refractivity (Wildman–Crippen MR) is 324 cm³/mol. The average molecular weight is 981 g/mol. The first-order valence-electron chi connectivity index (χ1n) is 28.0. The molecule has 0 radical (unpaired) electrons. The first-order chi connectivity index (χ1) is 35.5. The minimum atomic E-state index is -0.253. The monoisotopic (exact) mass is 981 g/mol. The first-order valence-corrected chi connectivity index (χ1v) is 28.0. The minimum Gasteiger partial charge on any atom is -0.311 e. The van der Waals surface area contributed by atoms with Gasteiger partial charge in [-0.2, -0.15) is 0 Å². The second kappa shape index (κ2) is 17.0. The van der Waals surface area contributed by atoms with Crippen LogP contribution in [0.1, 0.15) is 160 Å². The fourth-order valence-electron chi connectivity index (χ4n) is 14.0. The van der Waals surface area contributed by atoms with Crippen molar-refractivity contribution in [3.8, 4) is 22.3 Å². The Morgan fingerprint density at radius 1 is 0.400 bits per heavy atom. The van der Waals surface area contributed by atoms with Crippen molar-refractivity contribution in [1.29, 1.82) is 0 Å². The third kappa shape index (κ3) is 7.88. The van der Waals surface area contributed by atoms with Crippen LogP contribution in [-0.2, 0) is 32.5 Å². The van der Waals surface area contributed by atoms with Crippen LogP contribution in [0.25, 0.3) is 22.3 Å². The lowest BCUT2D eigenvalue weighted by atomic mass is 9.33. The van der Waals surface area contributed by atoms with Crippen molar-refractivity contribution in [2.45, 2.75) is 155 Å². The highest BCUT2D eigenvalue weighted by Gasteiger charge is 2.48. The molecular formula is C72H77BN2. The number of nitrogens with zero attached hydrogens (tertiary/aromatic N) is 2. The summed E-state index contributed by atoms with van der Waals surface area (Å²) in [6.07, 6.45) is 4.68. The zero-order chi connectivity index (χ0) is 52.8. The maximum absolute atomic E-state index is 2.71. The molecule has 2 heterocycles. The Kier molecular flexibility index (Phi) is 11.2. The maximum Gasteiger partial charge on any atom is 0.252 e. The zero-order valence-electron chi connectivity index (χ0n) is 47.4. The predicted octanol–water partition coefficient (Wildman–Crippen LogP) is 17.7. The molecule has 0 atom stereocenters. The summed E-state index contributed by atoms with van der Waals surface area (Å²) < 4.78 is 0. The van der Waals surface area contributed by atoms with Crippen molar-refractivity contribution in [3.63, 3.8) is 0 Å². The number of benzene rings is 8. The van der Waals surface area contributed by atoms with Crippen molar-refractivity contribution >= 4 is 57.2 Å². The Balaban J connectivity index is 1.23. The molecule has 0 amide bonds. The van der Waals surface area contributed by atoms with E-state index in [4.69, 9.17) is 0 Å². The largest absolute Gasteiger partial charge is 0.311 e. The highest BCUT2D eigenvalue weighted by Crippen LogP contribution is 2.54. The van der Waals surface area contributed by atoms with Crippen LogP contribution in [0.4, 0.5) is 34.1 Å². The van der Waals surface area contributed by atoms with Gasteiger partial charge in [0, 0.05) is 39.4 Å². The van der Waals surface area contributed by atoms with Crippen molar-refractivity contribution in [3.05, 3.63) is 208 Å². The minimum absolute atomic E-state index is 0.0242. The van der Waals surface area contributed by atoms with E-state index >= 15 is 0 Å². The van der Waals surface area contributed by atoms with Crippen LogP contribution in [0.15, 0.2) is 164 Å². The van der Waals surface area contributed by atoms with Gasteiger partial charge in [0.1, 0.15) is 0 Å². The van der Waals surface area contributed by atoms with E-state index in [-0.39, 0.29) is 39.2 Å². The second-order valence-electron chi connectivity index (χ2n) is 27.2. The summed E-state index contributed by atoms with van der Waals surface area (Å²) >= 11 is 0. The summed E-state index contributed by atoms with van der Waals surface area (Å²) in [7, 11) is 0. The lowest BCUT2D eigenvalue weighted by Crippen LogP contribution is -2.62. The fourth-order valence-corrected chi connectivity index (χ4v) is 14.0. The molecule has 4 aliphatic rings. The summed E-state index contributed by atoms with van der Waals surface area (Å²) in [5.74, 6) is 0. The molecule has 12 rings (SSSR count).